The highest BCUT2D eigenvalue weighted by atomic mass is 79.9. The fourth-order valence-electron chi connectivity index (χ4n) is 9.69. The first-order valence-electron chi connectivity index (χ1n) is 28.8. The summed E-state index contributed by atoms with van der Waals surface area (Å²) >= 11 is 3.12. The Morgan fingerprint density at radius 1 is 0.500 bits per heavy atom. The highest BCUT2D eigenvalue weighted by Gasteiger charge is 2.18. The molecule has 0 spiro atoms. The van der Waals surface area contributed by atoms with Gasteiger partial charge < -0.3 is 48.8 Å². The number of carbonyl (C=O) groups excluding carboxylic acids is 3. The number of carbonyl (C=O) groups is 3. The molecule has 0 aliphatic rings. The molecule has 12 rings (SSSR count). The van der Waals surface area contributed by atoms with Crippen molar-refractivity contribution in [1.29, 1.82) is 10.5 Å². The number of pyridine rings is 3. The number of aryl methyl sites for hydroxylation is 3. The van der Waals surface area contributed by atoms with Gasteiger partial charge in [-0.15, -0.1) is 12.4 Å². The van der Waals surface area contributed by atoms with Crippen LogP contribution >= 0.6 is 28.3 Å². The molecule has 0 radical (unpaired) electrons. The number of H-pyrrole nitrogens is 1. The maximum absolute atomic E-state index is 12.8. The zero-order valence-electron chi connectivity index (χ0n) is 51.4. The molecule has 18 nitrogen and oxygen atoms in total. The Bertz CT molecular complexity index is 4590. The van der Waals surface area contributed by atoms with Crippen molar-refractivity contribution in [3.05, 3.63) is 253 Å². The molecular formula is C72H66BrClN12O6. The summed E-state index contributed by atoms with van der Waals surface area (Å²) in [6.07, 6.45) is 5.64. The first kappa shape index (κ1) is 66.9. The van der Waals surface area contributed by atoms with E-state index in [-0.39, 0.29) is 43.2 Å². The Morgan fingerprint density at radius 3 is 1.30 bits per heavy atom. The number of fused-ring (bicyclic) bond motifs is 3. The Kier molecular flexibility index (Phi) is 23.2. The van der Waals surface area contributed by atoms with E-state index in [1.165, 1.54) is 0 Å². The van der Waals surface area contributed by atoms with Gasteiger partial charge in [0.15, 0.2) is 0 Å². The maximum atomic E-state index is 12.8. The van der Waals surface area contributed by atoms with E-state index in [2.05, 4.69) is 48.0 Å². The molecule has 0 unspecified atom stereocenters. The van der Waals surface area contributed by atoms with Crippen molar-refractivity contribution in [2.45, 2.75) is 40.4 Å². The second-order valence-electron chi connectivity index (χ2n) is 20.8. The van der Waals surface area contributed by atoms with E-state index in [0.29, 0.717) is 57.8 Å². The molecule has 0 aliphatic heterocycles. The van der Waals surface area contributed by atoms with Crippen LogP contribution in [0.2, 0.25) is 0 Å². The number of anilines is 3. The van der Waals surface area contributed by atoms with E-state index in [4.69, 9.17) is 30.5 Å². The molecule has 3 amide bonds. The lowest BCUT2D eigenvalue weighted by Crippen LogP contribution is -2.29. The van der Waals surface area contributed by atoms with E-state index in [1.54, 1.807) is 60.1 Å². The fraction of sp³-hybridized carbons (Fsp3) is 0.139. The van der Waals surface area contributed by atoms with Crippen molar-refractivity contribution in [3.63, 3.8) is 0 Å². The minimum Gasteiger partial charge on any atom is -0.438 e. The van der Waals surface area contributed by atoms with Crippen LogP contribution in [-0.4, -0.2) is 73.3 Å². The molecule has 0 saturated heterocycles. The summed E-state index contributed by atoms with van der Waals surface area (Å²) in [5.41, 5.74) is 15.5. The molecule has 6 heterocycles. The Morgan fingerprint density at radius 2 is 0.891 bits per heavy atom. The number of nitrogens with one attached hydrogen (secondary N) is 1. The number of nitrogens with two attached hydrogens (primary N) is 1. The van der Waals surface area contributed by atoms with E-state index in [9.17, 15) is 14.4 Å². The number of rotatable bonds is 15. The van der Waals surface area contributed by atoms with E-state index < -0.39 is 0 Å². The molecule has 12 aromatic rings. The third-order valence-corrected chi connectivity index (χ3v) is 14.8. The van der Waals surface area contributed by atoms with Gasteiger partial charge in [0.2, 0.25) is 35.4 Å². The quantitative estimate of drug-likeness (QED) is 0.0914. The molecule has 0 fully saturated rings. The van der Waals surface area contributed by atoms with E-state index in [0.717, 1.165) is 72.5 Å². The molecule has 0 aliphatic carbocycles. The van der Waals surface area contributed by atoms with Crippen LogP contribution in [0.15, 0.2) is 219 Å². The molecule has 464 valence electrons. The van der Waals surface area contributed by atoms with Gasteiger partial charge in [0.1, 0.15) is 30.3 Å². The van der Waals surface area contributed by atoms with Crippen LogP contribution in [0, 0.1) is 43.4 Å². The van der Waals surface area contributed by atoms with Crippen LogP contribution < -0.4 is 34.6 Å². The number of nitriles is 2. The third kappa shape index (κ3) is 17.2. The minimum absolute atomic E-state index is 0. The Labute approximate surface area is 547 Å². The van der Waals surface area contributed by atoms with Crippen LogP contribution in [0.1, 0.15) is 33.8 Å². The lowest BCUT2D eigenvalue weighted by atomic mass is 10.2. The van der Waals surface area contributed by atoms with Crippen molar-refractivity contribution in [2.75, 3.05) is 41.2 Å². The molecule has 20 heteroatoms. The van der Waals surface area contributed by atoms with Gasteiger partial charge in [-0.25, -0.2) is 15.0 Å². The topological polar surface area (TPSA) is 227 Å². The Hall–Kier alpha value is -11.1. The number of ether oxygens (including phenoxy) is 3. The lowest BCUT2D eigenvalue weighted by molar-refractivity contribution is -0.119. The predicted octanol–water partition coefficient (Wildman–Crippen LogP) is 14.9. The van der Waals surface area contributed by atoms with Crippen LogP contribution in [-0.2, 0) is 34.0 Å². The van der Waals surface area contributed by atoms with Gasteiger partial charge in [-0.2, -0.15) is 10.5 Å². The predicted molar refractivity (Wildman–Crippen MR) is 367 cm³/mol. The number of aromatic nitrogens is 6. The summed E-state index contributed by atoms with van der Waals surface area (Å²) < 4.78 is 21.7. The molecule has 0 atom stereocenters. The van der Waals surface area contributed by atoms with Crippen LogP contribution in [0.5, 0.6) is 34.9 Å². The normalized spacial score (nSPS) is 10.4. The minimum atomic E-state index is -0.0240. The van der Waals surface area contributed by atoms with Gasteiger partial charge >= 0.3 is 0 Å². The van der Waals surface area contributed by atoms with Crippen LogP contribution in [0.4, 0.5) is 17.1 Å². The second kappa shape index (κ2) is 31.9. The van der Waals surface area contributed by atoms with Gasteiger partial charge in [0.05, 0.1) is 39.6 Å². The highest BCUT2D eigenvalue weighted by molar-refractivity contribution is 9.09. The zero-order valence-corrected chi connectivity index (χ0v) is 53.8. The van der Waals surface area contributed by atoms with Crippen molar-refractivity contribution < 1.29 is 28.6 Å². The molecule has 3 N–H and O–H groups in total. The summed E-state index contributed by atoms with van der Waals surface area (Å²) in [6.45, 7) is 6.44. The number of benzene rings is 6. The Balaban J connectivity index is 0.000000165. The monoisotopic (exact) mass is 1310 g/mol. The molecular weight excluding hydrogens is 1240 g/mol. The highest BCUT2D eigenvalue weighted by Crippen LogP contribution is 2.34. The van der Waals surface area contributed by atoms with Gasteiger partial charge in [-0.3, -0.25) is 14.4 Å². The first-order chi connectivity index (χ1) is 44.1. The third-order valence-electron chi connectivity index (χ3n) is 14.4. The van der Waals surface area contributed by atoms with E-state index >= 15 is 0 Å². The number of hydrogen-bond donors (Lipinski definition) is 2. The smallest absolute Gasteiger partial charge is 0.246 e. The van der Waals surface area contributed by atoms with Gasteiger partial charge in [-0.1, -0.05) is 88.7 Å². The van der Waals surface area contributed by atoms with Gasteiger partial charge in [-0.05, 0) is 136 Å². The van der Waals surface area contributed by atoms with E-state index in [1.807, 2.05) is 224 Å². The second-order valence-corrected chi connectivity index (χ2v) is 21.4. The SMILES string of the molecule is CN(C(=O)CBr)c1ccccc1.Cc1cc(C#N)cc(Oc2cccc3[nH]ccc23)n1.Cc1cc(C#N)cc(Oc2cccc3c2ccn3CC(=O)N(C)c2ccccc2)n1.Cc1cc(CN)cc(Oc2cccc3c2ccn3CC(=O)N(C)c2ccccc2)n1.Cl. The fourth-order valence-corrected chi connectivity index (χ4v) is 10.1. The first-order valence-corrected chi connectivity index (χ1v) is 29.9. The number of halogens is 2. The van der Waals surface area contributed by atoms with Crippen molar-refractivity contribution >= 4 is 95.8 Å². The molecule has 0 saturated carbocycles. The number of hydrogen-bond acceptors (Lipinski definition) is 12. The largest absolute Gasteiger partial charge is 0.438 e. The maximum Gasteiger partial charge on any atom is 0.246 e. The summed E-state index contributed by atoms with van der Waals surface area (Å²) in [6, 6.07) is 66.5. The number of likely N-dealkylation sites (N-methyl/N-ethyl adjacent to an activating group) is 2. The number of nitrogens with zero attached hydrogens (tertiary/aromatic N) is 10. The number of aromatic amines is 1. The summed E-state index contributed by atoms with van der Waals surface area (Å²) in [5, 5.41) is 21.3. The zero-order chi connectivity index (χ0) is 64.4. The standard InChI is InChI=1S/C24H24N4O2.C24H20N4O2.C15H11N3O.C9H10BrNO.ClH/c2*1-17-13-18(15-25)14-23(26-17)30-22-10-6-9-21-20(22)11-12-28(21)16-24(29)27(2)19-7-4-3-5-8-19;1-10-7-11(9-16)8-15(18-10)19-14-4-2-3-13-12(14)5-6-17-13;1-11(9(12)7-10)8-5-3-2-4-6-8;/h3-14H,15-16,25H2,1-2H3;3-14H,16H2,1-2H3;2-8,17H,1H3;2-6H,7H2,1H3;1H. The van der Waals surface area contributed by atoms with Crippen molar-refractivity contribution in [3.8, 4) is 47.0 Å². The molecule has 6 aromatic heterocycles. The number of para-hydroxylation sites is 3. The number of amides is 3. The van der Waals surface area contributed by atoms with Crippen LogP contribution in [0.3, 0.4) is 0 Å². The molecule has 0 bridgehead atoms. The summed E-state index contributed by atoms with van der Waals surface area (Å²) in [7, 11) is 5.32. The van der Waals surface area contributed by atoms with Crippen LogP contribution in [0.25, 0.3) is 32.7 Å². The van der Waals surface area contributed by atoms with Crippen molar-refractivity contribution in [1.82, 2.24) is 29.1 Å². The average molecular weight is 1310 g/mol. The summed E-state index contributed by atoms with van der Waals surface area (Å²) in [5.74, 6) is 3.38. The average Bonchev–Trinajstić information content (AvgIpc) is 1.66. The van der Waals surface area contributed by atoms with Gasteiger partial charge in [0.25, 0.3) is 0 Å². The number of alkyl halides is 1. The molecule has 6 aromatic carbocycles. The van der Waals surface area contributed by atoms with Gasteiger partial charge in [0, 0.05) is 120 Å². The lowest BCUT2D eigenvalue weighted by Gasteiger charge is -2.18. The van der Waals surface area contributed by atoms with Crippen molar-refractivity contribution in [2.24, 2.45) is 5.73 Å². The molecule has 92 heavy (non-hydrogen) atoms. The summed E-state index contributed by atoms with van der Waals surface area (Å²) in [4.78, 5) is 57.9.